The maximum atomic E-state index is 8.04. The van der Waals surface area contributed by atoms with Crippen LogP contribution in [0.2, 0.25) is 0 Å². The van der Waals surface area contributed by atoms with E-state index in [2.05, 4.69) is 102 Å². The first-order chi connectivity index (χ1) is 23.6. The molecule has 0 radical (unpaired) electrons. The zero-order chi connectivity index (χ0) is 33.9. The van der Waals surface area contributed by atoms with Crippen molar-refractivity contribution in [2.45, 2.75) is 33.2 Å². The van der Waals surface area contributed by atoms with E-state index in [0.717, 1.165) is 55.9 Å². The summed E-state index contributed by atoms with van der Waals surface area (Å²) < 4.78 is 26.2. The highest BCUT2D eigenvalue weighted by Crippen LogP contribution is 2.46. The Hall–Kier alpha value is -5.59. The third-order valence-corrected chi connectivity index (χ3v) is 8.32. The van der Waals surface area contributed by atoms with E-state index in [0.29, 0.717) is 5.82 Å². The average Bonchev–Trinajstić information content (AvgIpc) is 3.65. The van der Waals surface area contributed by atoms with Crippen molar-refractivity contribution in [3.05, 3.63) is 145 Å². The van der Waals surface area contributed by atoms with Gasteiger partial charge < -0.3 is 4.90 Å². The van der Waals surface area contributed by atoms with Gasteiger partial charge in [0.25, 0.3) is 0 Å². The van der Waals surface area contributed by atoms with Crippen LogP contribution in [-0.4, -0.2) is 15.1 Å². The quantitative estimate of drug-likeness (QED) is 0.195. The minimum absolute atomic E-state index is 0.248. The number of hydrogen-bond acceptors (Lipinski definition) is 5. The lowest BCUT2D eigenvalue weighted by Crippen LogP contribution is -2.41. The van der Waals surface area contributed by atoms with Crippen molar-refractivity contribution in [1.82, 2.24) is 9.55 Å². The number of para-hydroxylation sites is 4. The van der Waals surface area contributed by atoms with Gasteiger partial charge in [-0.25, -0.2) is 10.0 Å². The average molecular weight is 605 g/mol. The molecule has 1 aliphatic heterocycles. The van der Waals surface area contributed by atoms with E-state index in [4.69, 9.17) is 9.05 Å². The van der Waals surface area contributed by atoms with Gasteiger partial charge in [-0.1, -0.05) is 60.7 Å². The molecule has 5 aromatic carbocycles. The first-order valence-corrected chi connectivity index (χ1v) is 15.4. The predicted octanol–water partition coefficient (Wildman–Crippen LogP) is 10.6. The molecule has 6 nitrogen and oxygen atoms in total. The van der Waals surface area contributed by atoms with Crippen molar-refractivity contribution >= 4 is 55.9 Å². The van der Waals surface area contributed by atoms with Crippen LogP contribution in [0.4, 0.5) is 34.1 Å². The molecular formula is C40H35N5O. The highest BCUT2D eigenvalue weighted by molar-refractivity contribution is 6.10. The van der Waals surface area contributed by atoms with E-state index >= 15 is 0 Å². The van der Waals surface area contributed by atoms with Gasteiger partial charge in [-0.2, -0.15) is 5.06 Å². The number of hydrogen-bond donors (Lipinski definition) is 0. The van der Waals surface area contributed by atoms with Crippen LogP contribution in [-0.2, 0) is 4.94 Å². The van der Waals surface area contributed by atoms with Crippen LogP contribution in [0.25, 0.3) is 27.6 Å². The molecule has 6 heteroatoms. The maximum Gasteiger partial charge on any atom is 0.137 e. The van der Waals surface area contributed by atoms with E-state index in [9.17, 15) is 0 Å². The summed E-state index contributed by atoms with van der Waals surface area (Å²) in [5.41, 5.74) is 7.60. The molecule has 46 heavy (non-hydrogen) atoms. The van der Waals surface area contributed by atoms with Gasteiger partial charge in [-0.3, -0.25) is 4.57 Å². The van der Waals surface area contributed by atoms with Crippen LogP contribution in [0.5, 0.6) is 0 Å². The second-order valence-corrected chi connectivity index (χ2v) is 12.5. The van der Waals surface area contributed by atoms with Gasteiger partial charge in [0.05, 0.1) is 33.6 Å². The van der Waals surface area contributed by atoms with E-state index in [1.807, 2.05) is 64.7 Å². The monoisotopic (exact) mass is 604 g/mol. The lowest BCUT2D eigenvalue weighted by atomic mass is 10.1. The van der Waals surface area contributed by atoms with Crippen molar-refractivity contribution in [3.8, 4) is 5.82 Å². The summed E-state index contributed by atoms with van der Waals surface area (Å²) >= 11 is 0. The Morgan fingerprint density at radius 1 is 0.652 bits per heavy atom. The molecule has 0 saturated carbocycles. The normalized spacial score (nSPS) is 14.3. The van der Waals surface area contributed by atoms with Crippen LogP contribution >= 0.6 is 0 Å². The molecule has 2 aromatic heterocycles. The number of anilines is 6. The fourth-order valence-electron chi connectivity index (χ4n) is 6.32. The molecule has 0 bridgehead atoms. The molecule has 0 spiro atoms. The largest absolute Gasteiger partial charge is 0.310 e. The molecule has 7 aromatic rings. The SMILES string of the molecule is [2H]C([2H])([2H])c1ccnc(-n2c3ccccc3c3ccc(N(c4ccccc4)c4cccc(N5ON(C(C)(C)C)c6ccccc65)c4)cc32)c1. The maximum absolute atomic E-state index is 8.04. The number of rotatable bonds is 5. The second-order valence-electron chi connectivity index (χ2n) is 12.5. The molecule has 0 unspecified atom stereocenters. The Balaban J connectivity index is 1.30. The Labute approximate surface area is 273 Å². The minimum Gasteiger partial charge on any atom is -0.310 e. The van der Waals surface area contributed by atoms with E-state index < -0.39 is 6.85 Å². The molecule has 226 valence electrons. The number of aryl methyl sites for hydroxylation is 1. The van der Waals surface area contributed by atoms with Crippen LogP contribution in [0.1, 0.15) is 30.4 Å². The topological polar surface area (TPSA) is 36.8 Å². The van der Waals surface area contributed by atoms with Crippen LogP contribution < -0.4 is 15.0 Å². The number of pyridine rings is 1. The molecule has 0 amide bonds. The summed E-state index contributed by atoms with van der Waals surface area (Å²) in [7, 11) is 0. The van der Waals surface area contributed by atoms with Crippen molar-refractivity contribution < 1.29 is 9.05 Å². The standard InChI is InChI=1S/C40H35N5O/c1-28-23-24-41-39(25-28)43-35-18-9-8-17-33(35)34-22-21-31(27-38(34)43)42(29-13-6-5-7-14-29)30-15-12-16-32(26-30)44-36-19-10-11-20-37(36)45(46-44)40(2,3)4/h5-27H,1-4H3/i1D3. The fourth-order valence-corrected chi connectivity index (χ4v) is 6.32. The molecule has 1 aliphatic rings. The van der Waals surface area contributed by atoms with E-state index in [1.54, 1.807) is 18.3 Å². The van der Waals surface area contributed by atoms with Crippen molar-refractivity contribution in [2.24, 2.45) is 0 Å². The third-order valence-electron chi connectivity index (χ3n) is 8.32. The lowest BCUT2D eigenvalue weighted by Gasteiger charge is -2.32. The molecule has 8 rings (SSSR count). The van der Waals surface area contributed by atoms with Gasteiger partial charge in [0.2, 0.25) is 0 Å². The summed E-state index contributed by atoms with van der Waals surface area (Å²) in [4.78, 5) is 13.4. The molecule has 0 fully saturated rings. The highest BCUT2D eigenvalue weighted by Gasteiger charge is 2.36. The Bertz CT molecular complexity index is 2330. The van der Waals surface area contributed by atoms with E-state index in [1.165, 1.54) is 0 Å². The summed E-state index contributed by atoms with van der Waals surface area (Å²) in [6.07, 6.45) is 1.57. The first-order valence-electron chi connectivity index (χ1n) is 16.9. The number of nitrogens with zero attached hydrogens (tertiary/aromatic N) is 5. The Kier molecular flexibility index (Phi) is 5.79. The van der Waals surface area contributed by atoms with Gasteiger partial charge in [-0.05, 0) is 106 Å². The summed E-state index contributed by atoms with van der Waals surface area (Å²) in [6, 6.07) is 44.6. The molecule has 0 saturated heterocycles. The van der Waals surface area contributed by atoms with Crippen LogP contribution in [0, 0.1) is 6.85 Å². The molecule has 3 heterocycles. The molecule has 0 atom stereocenters. The smallest absolute Gasteiger partial charge is 0.137 e. The van der Waals surface area contributed by atoms with Crippen LogP contribution in [0.3, 0.4) is 0 Å². The zero-order valence-corrected chi connectivity index (χ0v) is 25.9. The number of hydroxylamine groups is 1. The number of benzene rings is 5. The summed E-state index contributed by atoms with van der Waals surface area (Å²) in [5.74, 6) is 0.554. The zero-order valence-electron chi connectivity index (χ0n) is 28.9. The summed E-state index contributed by atoms with van der Waals surface area (Å²) in [6.45, 7) is 4.14. The van der Waals surface area contributed by atoms with Gasteiger partial charge >= 0.3 is 0 Å². The van der Waals surface area contributed by atoms with E-state index in [-0.39, 0.29) is 11.1 Å². The first kappa shape index (κ1) is 24.7. The van der Waals surface area contributed by atoms with Crippen LogP contribution in [0.15, 0.2) is 140 Å². The van der Waals surface area contributed by atoms with Crippen molar-refractivity contribution in [2.75, 3.05) is 15.0 Å². The van der Waals surface area contributed by atoms with Gasteiger partial charge in [0, 0.05) is 38.1 Å². The van der Waals surface area contributed by atoms with Gasteiger partial charge in [-0.15, -0.1) is 4.94 Å². The van der Waals surface area contributed by atoms with Crippen molar-refractivity contribution in [1.29, 1.82) is 0 Å². The third kappa shape index (κ3) is 4.66. The highest BCUT2D eigenvalue weighted by atomic mass is 16.8. The Morgan fingerprint density at radius 2 is 1.37 bits per heavy atom. The molecule has 0 aliphatic carbocycles. The number of aromatic nitrogens is 2. The predicted molar refractivity (Wildman–Crippen MR) is 190 cm³/mol. The van der Waals surface area contributed by atoms with Crippen molar-refractivity contribution in [3.63, 3.8) is 0 Å². The lowest BCUT2D eigenvalue weighted by molar-refractivity contribution is 0.0843. The summed E-state index contributed by atoms with van der Waals surface area (Å²) in [5, 5.41) is 5.95. The van der Waals surface area contributed by atoms with Gasteiger partial charge in [0.1, 0.15) is 5.82 Å². The fraction of sp³-hybridized carbons (Fsp3) is 0.125. The number of fused-ring (bicyclic) bond motifs is 4. The molecule has 0 N–H and O–H groups in total. The minimum atomic E-state index is -2.25. The second kappa shape index (κ2) is 10.8. The molecular weight excluding hydrogens is 566 g/mol. The Morgan fingerprint density at radius 3 is 2.20 bits per heavy atom. The van der Waals surface area contributed by atoms with Gasteiger partial charge in [0.15, 0.2) is 0 Å².